The maximum absolute atomic E-state index is 13.7. The molecule has 0 atom stereocenters. The zero-order valence-electron chi connectivity index (χ0n) is 14.0. The van der Waals surface area contributed by atoms with Crippen molar-refractivity contribution in [3.05, 3.63) is 99.5 Å². The number of nitrogens with zero attached hydrogens (tertiary/aromatic N) is 1. The van der Waals surface area contributed by atoms with Crippen molar-refractivity contribution < 1.29 is 13.6 Å². The van der Waals surface area contributed by atoms with E-state index in [-0.39, 0.29) is 11.3 Å². The van der Waals surface area contributed by atoms with Crippen LogP contribution in [0.4, 0.5) is 14.5 Å². The Morgan fingerprint density at radius 2 is 1.88 bits per heavy atom. The summed E-state index contributed by atoms with van der Waals surface area (Å²) in [6.07, 6.45) is 1.57. The molecule has 132 valence electrons. The van der Waals surface area contributed by atoms with Gasteiger partial charge >= 0.3 is 0 Å². The van der Waals surface area contributed by atoms with Crippen molar-refractivity contribution in [1.82, 2.24) is 4.57 Å². The van der Waals surface area contributed by atoms with Crippen molar-refractivity contribution in [2.75, 3.05) is 5.32 Å². The smallest absolute Gasteiger partial charge is 0.263 e. The van der Waals surface area contributed by atoms with Crippen LogP contribution in [0.15, 0.2) is 65.6 Å². The van der Waals surface area contributed by atoms with E-state index in [1.165, 1.54) is 10.6 Å². The lowest BCUT2D eigenvalue weighted by atomic mass is 10.1. The second-order valence-corrected chi connectivity index (χ2v) is 5.92. The number of rotatable bonds is 4. The number of nitrogens with one attached hydrogen (secondary N) is 1. The summed E-state index contributed by atoms with van der Waals surface area (Å²) in [6.45, 7) is 2.25. The van der Waals surface area contributed by atoms with Crippen molar-refractivity contribution in [3.8, 4) is 0 Å². The van der Waals surface area contributed by atoms with E-state index in [2.05, 4.69) is 5.32 Å². The van der Waals surface area contributed by atoms with E-state index in [4.69, 9.17) is 0 Å². The lowest BCUT2D eigenvalue weighted by Crippen LogP contribution is -2.29. The summed E-state index contributed by atoms with van der Waals surface area (Å²) in [4.78, 5) is 24.9. The van der Waals surface area contributed by atoms with E-state index >= 15 is 0 Å². The number of carbonyl (C=O) groups is 1. The van der Waals surface area contributed by atoms with Gasteiger partial charge in [-0.25, -0.2) is 8.78 Å². The minimum absolute atomic E-state index is 0.149. The summed E-state index contributed by atoms with van der Waals surface area (Å²) in [7, 11) is 0. The molecule has 0 fully saturated rings. The van der Waals surface area contributed by atoms with Crippen LogP contribution in [0.2, 0.25) is 0 Å². The van der Waals surface area contributed by atoms with Crippen LogP contribution in [0.5, 0.6) is 0 Å². The highest BCUT2D eigenvalue weighted by molar-refractivity contribution is 6.04. The average Bonchev–Trinajstić information content (AvgIpc) is 2.60. The Hall–Kier alpha value is -3.28. The molecular formula is C20H16F2N2O2. The van der Waals surface area contributed by atoms with Crippen molar-refractivity contribution in [2.24, 2.45) is 0 Å². The Kier molecular flexibility index (Phi) is 4.93. The highest BCUT2D eigenvalue weighted by Gasteiger charge is 2.15. The number of halogens is 2. The molecule has 3 aromatic rings. The van der Waals surface area contributed by atoms with Crippen molar-refractivity contribution in [2.45, 2.75) is 13.5 Å². The normalized spacial score (nSPS) is 10.6. The van der Waals surface area contributed by atoms with Crippen LogP contribution >= 0.6 is 0 Å². The molecule has 2 aromatic carbocycles. The quantitative estimate of drug-likeness (QED) is 0.776. The second-order valence-electron chi connectivity index (χ2n) is 5.92. The predicted octanol–water partition coefficient (Wildman–Crippen LogP) is 3.74. The molecule has 0 aliphatic heterocycles. The molecule has 1 N–H and O–H groups in total. The molecule has 26 heavy (non-hydrogen) atoms. The minimum atomic E-state index is -0.793. The average molecular weight is 354 g/mol. The van der Waals surface area contributed by atoms with Gasteiger partial charge < -0.3 is 9.88 Å². The molecule has 1 amide bonds. The Morgan fingerprint density at radius 1 is 1.08 bits per heavy atom. The first-order valence-electron chi connectivity index (χ1n) is 7.95. The van der Waals surface area contributed by atoms with Crippen LogP contribution < -0.4 is 10.9 Å². The largest absolute Gasteiger partial charge is 0.319 e. The molecule has 4 nitrogen and oxygen atoms in total. The van der Waals surface area contributed by atoms with Gasteiger partial charge in [-0.15, -0.1) is 0 Å². The summed E-state index contributed by atoms with van der Waals surface area (Å²) >= 11 is 0. The Bertz CT molecular complexity index is 1030. The summed E-state index contributed by atoms with van der Waals surface area (Å²) in [5.74, 6) is -2.26. The lowest BCUT2D eigenvalue weighted by Gasteiger charge is -2.10. The Balaban J connectivity index is 1.88. The van der Waals surface area contributed by atoms with Gasteiger partial charge in [0, 0.05) is 12.3 Å². The van der Waals surface area contributed by atoms with Gasteiger partial charge in [-0.05, 0) is 36.8 Å². The summed E-state index contributed by atoms with van der Waals surface area (Å²) in [5, 5.41) is 2.24. The molecule has 0 aliphatic carbocycles. The topological polar surface area (TPSA) is 51.1 Å². The predicted molar refractivity (Wildman–Crippen MR) is 95.3 cm³/mol. The van der Waals surface area contributed by atoms with E-state index in [0.29, 0.717) is 6.54 Å². The van der Waals surface area contributed by atoms with Crippen LogP contribution in [0.25, 0.3) is 0 Å². The summed E-state index contributed by atoms with van der Waals surface area (Å²) in [6, 6.07) is 13.3. The molecule has 3 rings (SSSR count). The summed E-state index contributed by atoms with van der Waals surface area (Å²) < 4.78 is 28.3. The zero-order valence-corrected chi connectivity index (χ0v) is 14.0. The first kappa shape index (κ1) is 17.5. The Morgan fingerprint density at radius 3 is 2.65 bits per heavy atom. The van der Waals surface area contributed by atoms with E-state index in [9.17, 15) is 18.4 Å². The van der Waals surface area contributed by atoms with Gasteiger partial charge in [0.2, 0.25) is 0 Å². The van der Waals surface area contributed by atoms with Crippen molar-refractivity contribution in [1.29, 1.82) is 0 Å². The number of carbonyl (C=O) groups excluding carboxylic acids is 1. The molecule has 0 unspecified atom stereocenters. The van der Waals surface area contributed by atoms with E-state index in [1.807, 2.05) is 31.2 Å². The van der Waals surface area contributed by atoms with Gasteiger partial charge in [0.25, 0.3) is 11.5 Å². The number of hydrogen-bond donors (Lipinski definition) is 1. The third-order valence-corrected chi connectivity index (χ3v) is 3.88. The fourth-order valence-electron chi connectivity index (χ4n) is 2.62. The maximum atomic E-state index is 13.7. The summed E-state index contributed by atoms with van der Waals surface area (Å²) in [5.41, 5.74) is 1.00. The monoisotopic (exact) mass is 354 g/mol. The molecule has 6 heteroatoms. The first-order valence-corrected chi connectivity index (χ1v) is 7.95. The molecule has 1 heterocycles. The number of hydrogen-bond acceptors (Lipinski definition) is 2. The van der Waals surface area contributed by atoms with Crippen LogP contribution in [0, 0.1) is 18.6 Å². The van der Waals surface area contributed by atoms with Gasteiger partial charge in [0.1, 0.15) is 17.2 Å². The fourth-order valence-corrected chi connectivity index (χ4v) is 2.62. The van der Waals surface area contributed by atoms with Gasteiger partial charge in [-0.2, -0.15) is 0 Å². The third-order valence-electron chi connectivity index (χ3n) is 3.88. The third kappa shape index (κ3) is 3.85. The lowest BCUT2D eigenvalue weighted by molar-refractivity contribution is 0.102. The molecule has 0 radical (unpaired) electrons. The second kappa shape index (κ2) is 7.31. The maximum Gasteiger partial charge on any atom is 0.263 e. The van der Waals surface area contributed by atoms with Crippen molar-refractivity contribution in [3.63, 3.8) is 0 Å². The fraction of sp³-hybridized carbons (Fsp3) is 0.100. The van der Waals surface area contributed by atoms with Gasteiger partial charge in [-0.3, -0.25) is 9.59 Å². The van der Waals surface area contributed by atoms with Crippen LogP contribution in [0.3, 0.4) is 0 Å². The number of amides is 1. The van der Waals surface area contributed by atoms with E-state index in [1.54, 1.807) is 12.3 Å². The number of benzene rings is 2. The number of pyridine rings is 1. The van der Waals surface area contributed by atoms with Gasteiger partial charge in [0.05, 0.1) is 12.2 Å². The minimum Gasteiger partial charge on any atom is -0.319 e. The van der Waals surface area contributed by atoms with Gasteiger partial charge in [-0.1, -0.05) is 29.8 Å². The standard InChI is InChI=1S/C20H16F2N2O2/c1-13-4-2-5-14(10-13)12-24-9-3-6-16(20(24)26)19(25)23-18-11-15(21)7-8-17(18)22/h2-11H,12H2,1H3,(H,23,25). The molecule has 0 saturated carbocycles. The molecule has 1 aromatic heterocycles. The van der Waals surface area contributed by atoms with Crippen LogP contribution in [-0.2, 0) is 6.54 Å². The first-order chi connectivity index (χ1) is 12.4. The molecule has 0 bridgehead atoms. The highest BCUT2D eigenvalue weighted by Crippen LogP contribution is 2.16. The molecular weight excluding hydrogens is 338 g/mol. The molecule has 0 aliphatic rings. The van der Waals surface area contributed by atoms with E-state index < -0.39 is 23.1 Å². The highest BCUT2D eigenvalue weighted by atomic mass is 19.1. The number of aromatic nitrogens is 1. The zero-order chi connectivity index (χ0) is 18.7. The van der Waals surface area contributed by atoms with E-state index in [0.717, 1.165) is 29.3 Å². The number of anilines is 1. The van der Waals surface area contributed by atoms with Crippen molar-refractivity contribution >= 4 is 11.6 Å². The van der Waals surface area contributed by atoms with Crippen LogP contribution in [0.1, 0.15) is 21.5 Å². The number of aryl methyl sites for hydroxylation is 1. The van der Waals surface area contributed by atoms with Crippen LogP contribution in [-0.4, -0.2) is 10.5 Å². The molecule has 0 spiro atoms. The van der Waals surface area contributed by atoms with Gasteiger partial charge in [0.15, 0.2) is 0 Å². The Labute approximate surface area is 148 Å². The SMILES string of the molecule is Cc1cccc(Cn2cccc(C(=O)Nc3cc(F)ccc3F)c2=O)c1. The molecule has 0 saturated heterocycles.